The van der Waals surface area contributed by atoms with E-state index in [2.05, 4.69) is 30.1 Å². The Balaban J connectivity index is 1.99. The van der Waals surface area contributed by atoms with Crippen molar-refractivity contribution in [2.75, 3.05) is 32.8 Å². The van der Waals surface area contributed by atoms with Crippen molar-refractivity contribution in [1.29, 1.82) is 0 Å². The van der Waals surface area contributed by atoms with Gasteiger partial charge in [-0.1, -0.05) is 24.5 Å². The zero-order valence-electron chi connectivity index (χ0n) is 12.8. The van der Waals surface area contributed by atoms with E-state index in [4.69, 9.17) is 5.11 Å². The average Bonchev–Trinajstić information content (AvgIpc) is 2.41. The highest BCUT2D eigenvalue weighted by atomic mass is 16.2. The number of unbranched alkanes of at least 4 members (excludes halogenated alkanes) is 3. The molecule has 0 bridgehead atoms. The minimum atomic E-state index is 0.345. The number of hydrogen-bond acceptors (Lipinski definition) is 3. The first-order valence-electron chi connectivity index (χ1n) is 7.92. The zero-order chi connectivity index (χ0) is 13.9. The fraction of sp³-hybridized carbons (Fsp3) is 0.875. The number of hydrogen-bond donors (Lipinski definition) is 2. The number of rotatable bonds is 9. The van der Waals surface area contributed by atoms with Crippen molar-refractivity contribution >= 4 is 0 Å². The van der Waals surface area contributed by atoms with Gasteiger partial charge in [0.15, 0.2) is 0 Å². The molecule has 0 saturated carbocycles. The van der Waals surface area contributed by atoms with Crippen molar-refractivity contribution in [3.8, 4) is 0 Å². The van der Waals surface area contributed by atoms with Crippen LogP contribution in [0.5, 0.6) is 0 Å². The highest BCUT2D eigenvalue weighted by molar-refractivity contribution is 4.95. The van der Waals surface area contributed by atoms with Crippen LogP contribution in [0.3, 0.4) is 0 Å². The summed E-state index contributed by atoms with van der Waals surface area (Å²) >= 11 is 0. The molecule has 112 valence electrons. The normalized spacial score (nSPS) is 17.6. The molecule has 0 aromatic carbocycles. The van der Waals surface area contributed by atoms with Gasteiger partial charge in [-0.15, -0.1) is 0 Å². The molecule has 1 aliphatic heterocycles. The SMILES string of the molecule is CC(C)=CCN1CCC(NCCCCCCO)CC1. The molecule has 0 spiro atoms. The van der Waals surface area contributed by atoms with Crippen LogP contribution in [-0.4, -0.2) is 48.8 Å². The largest absolute Gasteiger partial charge is 0.396 e. The molecule has 1 aliphatic rings. The summed E-state index contributed by atoms with van der Waals surface area (Å²) in [5, 5.41) is 12.4. The van der Waals surface area contributed by atoms with E-state index >= 15 is 0 Å². The van der Waals surface area contributed by atoms with Gasteiger partial charge in [-0.3, -0.25) is 4.90 Å². The molecule has 19 heavy (non-hydrogen) atoms. The molecule has 1 heterocycles. The third-order valence-electron chi connectivity index (χ3n) is 3.86. The van der Waals surface area contributed by atoms with Crippen LogP contribution >= 0.6 is 0 Å². The summed E-state index contributed by atoms with van der Waals surface area (Å²) < 4.78 is 0. The van der Waals surface area contributed by atoms with E-state index in [0.29, 0.717) is 6.61 Å². The average molecular weight is 268 g/mol. The van der Waals surface area contributed by atoms with Gasteiger partial charge in [-0.05, 0) is 59.2 Å². The van der Waals surface area contributed by atoms with Crippen molar-refractivity contribution in [2.45, 2.75) is 58.4 Å². The van der Waals surface area contributed by atoms with Gasteiger partial charge < -0.3 is 10.4 Å². The number of allylic oxidation sites excluding steroid dienone is 1. The van der Waals surface area contributed by atoms with Crippen LogP contribution in [-0.2, 0) is 0 Å². The molecular weight excluding hydrogens is 236 g/mol. The first kappa shape index (κ1) is 16.7. The second kappa shape index (κ2) is 10.4. The Kier molecular flexibility index (Phi) is 9.14. The van der Waals surface area contributed by atoms with Gasteiger partial charge in [0.25, 0.3) is 0 Å². The Labute approximate surface area is 119 Å². The third-order valence-corrected chi connectivity index (χ3v) is 3.86. The summed E-state index contributed by atoms with van der Waals surface area (Å²) in [5.41, 5.74) is 1.42. The predicted octanol–water partition coefficient (Wildman–Crippen LogP) is 2.56. The lowest BCUT2D eigenvalue weighted by Crippen LogP contribution is -2.42. The van der Waals surface area contributed by atoms with Gasteiger partial charge in [0.05, 0.1) is 0 Å². The minimum absolute atomic E-state index is 0.345. The van der Waals surface area contributed by atoms with Crippen LogP contribution < -0.4 is 5.32 Å². The van der Waals surface area contributed by atoms with Crippen molar-refractivity contribution in [3.63, 3.8) is 0 Å². The maximum Gasteiger partial charge on any atom is 0.0431 e. The first-order valence-corrected chi connectivity index (χ1v) is 7.92. The fourth-order valence-corrected chi connectivity index (χ4v) is 2.53. The fourth-order valence-electron chi connectivity index (χ4n) is 2.53. The summed E-state index contributed by atoms with van der Waals surface area (Å²) in [7, 11) is 0. The van der Waals surface area contributed by atoms with Crippen LogP contribution in [0.4, 0.5) is 0 Å². The molecular formula is C16H32N2O. The second-order valence-corrected chi connectivity index (χ2v) is 5.95. The van der Waals surface area contributed by atoms with Crippen molar-refractivity contribution in [1.82, 2.24) is 10.2 Å². The standard InChI is InChI=1S/C16H32N2O/c1-15(2)7-11-18-12-8-16(9-13-18)17-10-5-3-4-6-14-19/h7,16-17,19H,3-6,8-14H2,1-2H3. The Bertz CT molecular complexity index is 241. The molecule has 0 aromatic heterocycles. The topological polar surface area (TPSA) is 35.5 Å². The van der Waals surface area contributed by atoms with Gasteiger partial charge in [0, 0.05) is 19.2 Å². The number of nitrogens with one attached hydrogen (secondary N) is 1. The summed E-state index contributed by atoms with van der Waals surface area (Å²) in [4.78, 5) is 2.55. The van der Waals surface area contributed by atoms with Gasteiger partial charge in [-0.2, -0.15) is 0 Å². The molecule has 0 amide bonds. The summed E-state index contributed by atoms with van der Waals surface area (Å²) in [6, 6.07) is 0.723. The van der Waals surface area contributed by atoms with Crippen LogP contribution in [0.25, 0.3) is 0 Å². The lowest BCUT2D eigenvalue weighted by Gasteiger charge is -2.31. The molecule has 0 unspecified atom stereocenters. The predicted molar refractivity (Wildman–Crippen MR) is 82.4 cm³/mol. The Morgan fingerprint density at radius 2 is 1.84 bits per heavy atom. The molecule has 0 aliphatic carbocycles. The molecule has 3 nitrogen and oxygen atoms in total. The number of piperidine rings is 1. The van der Waals surface area contributed by atoms with E-state index in [1.165, 1.54) is 50.8 Å². The number of nitrogens with zero attached hydrogens (tertiary/aromatic N) is 1. The second-order valence-electron chi connectivity index (χ2n) is 5.95. The van der Waals surface area contributed by atoms with E-state index in [1.807, 2.05) is 0 Å². The van der Waals surface area contributed by atoms with Crippen LogP contribution in [0.2, 0.25) is 0 Å². The molecule has 1 rings (SSSR count). The van der Waals surface area contributed by atoms with E-state index in [9.17, 15) is 0 Å². The monoisotopic (exact) mass is 268 g/mol. The number of aliphatic hydroxyl groups is 1. The lowest BCUT2D eigenvalue weighted by atomic mass is 10.0. The maximum atomic E-state index is 8.71. The number of aliphatic hydroxyl groups excluding tert-OH is 1. The Hall–Kier alpha value is -0.380. The van der Waals surface area contributed by atoms with Gasteiger partial charge in [0.2, 0.25) is 0 Å². The molecule has 2 N–H and O–H groups in total. The maximum absolute atomic E-state index is 8.71. The molecule has 3 heteroatoms. The van der Waals surface area contributed by atoms with Gasteiger partial charge in [0.1, 0.15) is 0 Å². The molecule has 0 atom stereocenters. The first-order chi connectivity index (χ1) is 9.22. The van der Waals surface area contributed by atoms with Gasteiger partial charge >= 0.3 is 0 Å². The van der Waals surface area contributed by atoms with Crippen LogP contribution in [0.15, 0.2) is 11.6 Å². The molecule has 0 aromatic rings. The lowest BCUT2D eigenvalue weighted by molar-refractivity contribution is 0.214. The van der Waals surface area contributed by atoms with Gasteiger partial charge in [-0.25, -0.2) is 0 Å². The van der Waals surface area contributed by atoms with Crippen LogP contribution in [0, 0.1) is 0 Å². The van der Waals surface area contributed by atoms with Crippen LogP contribution in [0.1, 0.15) is 52.4 Å². The smallest absolute Gasteiger partial charge is 0.0431 e. The molecule has 0 radical (unpaired) electrons. The number of likely N-dealkylation sites (tertiary alicyclic amines) is 1. The van der Waals surface area contributed by atoms with E-state index < -0.39 is 0 Å². The van der Waals surface area contributed by atoms with E-state index in [0.717, 1.165) is 25.6 Å². The van der Waals surface area contributed by atoms with Crippen molar-refractivity contribution in [3.05, 3.63) is 11.6 Å². The highest BCUT2D eigenvalue weighted by Crippen LogP contribution is 2.11. The molecule has 1 saturated heterocycles. The minimum Gasteiger partial charge on any atom is -0.396 e. The Morgan fingerprint density at radius 1 is 1.16 bits per heavy atom. The third kappa shape index (κ3) is 8.40. The zero-order valence-corrected chi connectivity index (χ0v) is 12.8. The Morgan fingerprint density at radius 3 is 2.47 bits per heavy atom. The summed E-state index contributed by atoms with van der Waals surface area (Å²) in [5.74, 6) is 0. The molecule has 1 fully saturated rings. The van der Waals surface area contributed by atoms with E-state index in [-0.39, 0.29) is 0 Å². The van der Waals surface area contributed by atoms with Crippen molar-refractivity contribution < 1.29 is 5.11 Å². The van der Waals surface area contributed by atoms with E-state index in [1.54, 1.807) is 0 Å². The summed E-state index contributed by atoms with van der Waals surface area (Å²) in [6.45, 7) is 9.41. The van der Waals surface area contributed by atoms with Crippen molar-refractivity contribution in [2.24, 2.45) is 0 Å². The summed E-state index contributed by atoms with van der Waals surface area (Å²) in [6.07, 6.45) is 9.52. The highest BCUT2D eigenvalue weighted by Gasteiger charge is 2.17. The quantitative estimate of drug-likeness (QED) is 0.498.